The van der Waals surface area contributed by atoms with Crippen molar-refractivity contribution in [3.63, 3.8) is 0 Å². The third-order valence-electron chi connectivity index (χ3n) is 3.06. The van der Waals surface area contributed by atoms with Gasteiger partial charge in [-0.3, -0.25) is 0 Å². The Morgan fingerprint density at radius 2 is 1.22 bits per heavy atom. The van der Waals surface area contributed by atoms with Crippen LogP contribution in [-0.4, -0.2) is 12.9 Å². The molecule has 2 aliphatic rings. The van der Waals surface area contributed by atoms with Crippen LogP contribution in [0.2, 0.25) is 0 Å². The molecule has 0 unspecified atom stereocenters. The lowest BCUT2D eigenvalue weighted by Gasteiger charge is -2.10. The van der Waals surface area contributed by atoms with Gasteiger partial charge in [0.2, 0.25) is 6.79 Å². The molecular formula is C15H12O3. The van der Waals surface area contributed by atoms with Gasteiger partial charge in [0, 0.05) is 0 Å². The molecule has 3 nitrogen and oxygen atoms in total. The third kappa shape index (κ3) is 1.95. The zero-order valence-electron chi connectivity index (χ0n) is 9.76. The minimum absolute atomic E-state index is 0.138. The summed E-state index contributed by atoms with van der Waals surface area (Å²) in [7, 11) is 0. The maximum Gasteiger partial charge on any atom is 0.514 e. The second kappa shape index (κ2) is 4.53. The molecule has 0 bridgehead atoms. The lowest BCUT2D eigenvalue weighted by Crippen LogP contribution is -2.21. The zero-order valence-corrected chi connectivity index (χ0v) is 9.76. The van der Waals surface area contributed by atoms with Gasteiger partial charge in [0.25, 0.3) is 0 Å². The molecule has 2 aromatic carbocycles. The first kappa shape index (κ1) is 10.8. The Labute approximate surface area is 105 Å². The number of cyclic esters (lactones) is 2. The summed E-state index contributed by atoms with van der Waals surface area (Å²) >= 11 is 0. The van der Waals surface area contributed by atoms with E-state index in [1.54, 1.807) is 0 Å². The summed E-state index contributed by atoms with van der Waals surface area (Å²) in [6.07, 6.45) is 0.539. The number of ether oxygens (including phenoxy) is 2. The van der Waals surface area contributed by atoms with Crippen LogP contribution in [0.5, 0.6) is 0 Å². The van der Waals surface area contributed by atoms with Gasteiger partial charge in [-0.1, -0.05) is 48.5 Å². The van der Waals surface area contributed by atoms with Crippen molar-refractivity contribution in [2.24, 2.45) is 0 Å². The van der Waals surface area contributed by atoms with E-state index >= 15 is 0 Å². The number of benzene rings is 2. The summed E-state index contributed by atoms with van der Waals surface area (Å²) in [4.78, 5) is 9.45. The fraction of sp³-hybridized carbons (Fsp3) is 0.133. The van der Waals surface area contributed by atoms with E-state index in [2.05, 4.69) is 58.0 Å². The van der Waals surface area contributed by atoms with Crippen LogP contribution < -0.4 is 0 Å². The van der Waals surface area contributed by atoms with Crippen molar-refractivity contribution in [1.82, 2.24) is 0 Å². The molecule has 90 valence electrons. The fourth-order valence-electron chi connectivity index (χ4n) is 2.19. The van der Waals surface area contributed by atoms with Crippen molar-refractivity contribution in [2.45, 2.75) is 6.42 Å². The normalized spacial score (nSPS) is 14.1. The van der Waals surface area contributed by atoms with Crippen LogP contribution >= 0.6 is 0 Å². The van der Waals surface area contributed by atoms with E-state index < -0.39 is 6.16 Å². The predicted molar refractivity (Wildman–Crippen MR) is 67.1 cm³/mol. The first-order chi connectivity index (χ1) is 8.84. The highest BCUT2D eigenvalue weighted by Gasteiger charge is 2.15. The van der Waals surface area contributed by atoms with Gasteiger partial charge >= 0.3 is 6.16 Å². The Kier molecular flexibility index (Phi) is 2.73. The molecule has 1 aliphatic carbocycles. The number of carbonyl (C=O) groups is 1. The number of fused-ring (bicyclic) bond motifs is 3. The second-order valence-corrected chi connectivity index (χ2v) is 4.15. The van der Waals surface area contributed by atoms with Crippen LogP contribution in [0.3, 0.4) is 0 Å². The maximum absolute atomic E-state index is 9.45. The van der Waals surface area contributed by atoms with Gasteiger partial charge in [0.05, 0.1) is 0 Å². The predicted octanol–water partition coefficient (Wildman–Crippen LogP) is 3.37. The van der Waals surface area contributed by atoms with Crippen molar-refractivity contribution in [1.29, 1.82) is 0 Å². The number of carbonyl (C=O) groups excluding carboxylic acids is 1. The van der Waals surface area contributed by atoms with Crippen molar-refractivity contribution in [3.8, 4) is 11.1 Å². The minimum atomic E-state index is -0.565. The van der Waals surface area contributed by atoms with Crippen LogP contribution in [-0.2, 0) is 15.9 Å². The zero-order chi connectivity index (χ0) is 12.4. The molecule has 3 heteroatoms. The highest BCUT2D eigenvalue weighted by Crippen LogP contribution is 2.35. The topological polar surface area (TPSA) is 35.5 Å². The van der Waals surface area contributed by atoms with Gasteiger partial charge in [-0.05, 0) is 28.7 Å². The van der Waals surface area contributed by atoms with Crippen LogP contribution in [0.1, 0.15) is 11.1 Å². The molecule has 0 N–H and O–H groups in total. The molecule has 1 heterocycles. The van der Waals surface area contributed by atoms with Crippen LogP contribution in [0, 0.1) is 0 Å². The van der Waals surface area contributed by atoms with Gasteiger partial charge in [-0.2, -0.15) is 0 Å². The lowest BCUT2D eigenvalue weighted by molar-refractivity contribution is -0.102. The van der Waals surface area contributed by atoms with E-state index in [1.165, 1.54) is 22.3 Å². The lowest BCUT2D eigenvalue weighted by atomic mass is 10.1. The maximum atomic E-state index is 9.45. The largest absolute Gasteiger partial charge is 0.514 e. The molecule has 18 heavy (non-hydrogen) atoms. The van der Waals surface area contributed by atoms with E-state index in [9.17, 15) is 4.79 Å². The molecule has 1 aliphatic heterocycles. The Bertz CT molecular complexity index is 540. The fourth-order valence-corrected chi connectivity index (χ4v) is 2.19. The van der Waals surface area contributed by atoms with Crippen molar-refractivity contribution in [3.05, 3.63) is 59.7 Å². The quantitative estimate of drug-likeness (QED) is 0.565. The van der Waals surface area contributed by atoms with Crippen LogP contribution in [0.4, 0.5) is 4.79 Å². The average molecular weight is 240 g/mol. The van der Waals surface area contributed by atoms with Gasteiger partial charge in [-0.15, -0.1) is 0 Å². The molecule has 0 saturated carbocycles. The highest BCUT2D eigenvalue weighted by molar-refractivity contribution is 5.76. The van der Waals surface area contributed by atoms with E-state index in [0.717, 1.165) is 6.42 Å². The standard InChI is InChI=1S/C13H10.C2H2O3/c1-3-7-12-10(5-1)9-11-6-2-4-8-13(11)12;3-2-4-1-5-2/h1-8H,9H2;1H2. The third-order valence-corrected chi connectivity index (χ3v) is 3.06. The first-order valence-corrected chi connectivity index (χ1v) is 5.80. The Hall–Kier alpha value is -2.29. The molecule has 0 aromatic heterocycles. The Morgan fingerprint density at radius 1 is 0.778 bits per heavy atom. The number of hydrogen-bond acceptors (Lipinski definition) is 3. The summed E-state index contributed by atoms with van der Waals surface area (Å²) < 4.78 is 8.14. The van der Waals surface area contributed by atoms with Gasteiger partial charge in [-0.25, -0.2) is 4.79 Å². The van der Waals surface area contributed by atoms with Gasteiger partial charge in [0.15, 0.2) is 0 Å². The van der Waals surface area contributed by atoms with Crippen molar-refractivity contribution in [2.75, 3.05) is 6.79 Å². The monoisotopic (exact) mass is 240 g/mol. The molecule has 1 fully saturated rings. The molecule has 0 amide bonds. The van der Waals surface area contributed by atoms with E-state index in [1.807, 2.05) is 0 Å². The summed E-state index contributed by atoms with van der Waals surface area (Å²) in [5, 5.41) is 0. The smallest absolute Gasteiger partial charge is 0.396 e. The van der Waals surface area contributed by atoms with Crippen LogP contribution in [0.15, 0.2) is 48.5 Å². The van der Waals surface area contributed by atoms with Crippen molar-refractivity contribution < 1.29 is 14.3 Å². The van der Waals surface area contributed by atoms with E-state index in [4.69, 9.17) is 0 Å². The Morgan fingerprint density at radius 3 is 1.61 bits per heavy atom. The molecule has 4 rings (SSSR count). The molecule has 2 aromatic rings. The molecule has 0 radical (unpaired) electrons. The average Bonchev–Trinajstić information content (AvgIpc) is 2.76. The molecule has 0 atom stereocenters. The van der Waals surface area contributed by atoms with Gasteiger partial charge < -0.3 is 9.47 Å². The molecule has 0 spiro atoms. The van der Waals surface area contributed by atoms with E-state index in [0.29, 0.717) is 0 Å². The second-order valence-electron chi connectivity index (χ2n) is 4.15. The van der Waals surface area contributed by atoms with Gasteiger partial charge in [0.1, 0.15) is 0 Å². The molecular weight excluding hydrogens is 228 g/mol. The summed E-state index contributed by atoms with van der Waals surface area (Å²) in [6.45, 7) is 0.138. The number of rotatable bonds is 0. The minimum Gasteiger partial charge on any atom is -0.396 e. The van der Waals surface area contributed by atoms with Crippen molar-refractivity contribution >= 4 is 6.16 Å². The summed E-state index contributed by atoms with van der Waals surface area (Å²) in [5.74, 6) is 0. The SMILES string of the molecule is O=C1OCO1.c1ccc2c(c1)Cc1ccccc1-2. The van der Waals surface area contributed by atoms with E-state index in [-0.39, 0.29) is 6.79 Å². The van der Waals surface area contributed by atoms with Crippen LogP contribution in [0.25, 0.3) is 11.1 Å². The molecule has 1 saturated heterocycles. The first-order valence-electron chi connectivity index (χ1n) is 5.80. The highest BCUT2D eigenvalue weighted by atomic mass is 16.9. The summed E-state index contributed by atoms with van der Waals surface area (Å²) in [5.41, 5.74) is 5.75. The summed E-state index contributed by atoms with van der Waals surface area (Å²) in [6, 6.07) is 17.3. The Balaban J connectivity index is 0.000000169. The number of hydrogen-bond donors (Lipinski definition) is 0.